The van der Waals surface area contributed by atoms with E-state index in [0.29, 0.717) is 11.1 Å². The van der Waals surface area contributed by atoms with Crippen LogP contribution >= 0.6 is 11.6 Å². The van der Waals surface area contributed by atoms with E-state index in [2.05, 4.69) is 29.1 Å². The van der Waals surface area contributed by atoms with Crippen LogP contribution in [-0.2, 0) is 0 Å². The second-order valence-corrected chi connectivity index (χ2v) is 5.19. The lowest BCUT2D eigenvalue weighted by atomic mass is 9.99. The van der Waals surface area contributed by atoms with Gasteiger partial charge in [-0.05, 0) is 26.2 Å². The molecule has 0 amide bonds. The topological polar surface area (TPSA) is 37.8 Å². The molecule has 1 heterocycles. The molecule has 0 aliphatic rings. The van der Waals surface area contributed by atoms with Gasteiger partial charge in [-0.2, -0.15) is 0 Å². The molecular weight excluding hydrogens is 246 g/mol. The van der Waals surface area contributed by atoms with Gasteiger partial charge in [0, 0.05) is 6.54 Å². The van der Waals surface area contributed by atoms with E-state index in [-0.39, 0.29) is 0 Å². The number of nitrogens with zero attached hydrogens (tertiary/aromatic N) is 2. The first-order chi connectivity index (χ1) is 8.58. The van der Waals surface area contributed by atoms with Crippen molar-refractivity contribution < 1.29 is 0 Å². The van der Waals surface area contributed by atoms with E-state index in [1.807, 2.05) is 13.8 Å². The molecule has 4 heteroatoms. The number of halogens is 1. The Morgan fingerprint density at radius 2 is 1.83 bits per heavy atom. The van der Waals surface area contributed by atoms with Crippen molar-refractivity contribution in [2.45, 2.75) is 53.4 Å². The lowest BCUT2D eigenvalue weighted by Gasteiger charge is -2.16. The zero-order chi connectivity index (χ0) is 13.5. The highest BCUT2D eigenvalue weighted by atomic mass is 35.5. The minimum absolute atomic E-state index is 0.475. The van der Waals surface area contributed by atoms with Crippen molar-refractivity contribution in [1.82, 2.24) is 9.97 Å². The third-order valence-electron chi connectivity index (χ3n) is 3.37. The molecular formula is C14H24ClN3. The predicted octanol–water partition coefficient (Wildman–Crippen LogP) is 4.38. The van der Waals surface area contributed by atoms with Gasteiger partial charge < -0.3 is 5.32 Å². The van der Waals surface area contributed by atoms with E-state index >= 15 is 0 Å². The van der Waals surface area contributed by atoms with Gasteiger partial charge in [0.05, 0.1) is 11.4 Å². The van der Waals surface area contributed by atoms with Crippen LogP contribution in [0, 0.1) is 19.8 Å². The minimum Gasteiger partial charge on any atom is -0.367 e. The van der Waals surface area contributed by atoms with Crippen molar-refractivity contribution in [1.29, 1.82) is 0 Å². The standard InChI is InChI=1S/C14H24ClN3/c1-5-7-8-12(6-2)9-16-14-13(15)17-10(3)11(4)18-14/h12H,5-9H2,1-4H3,(H,16,18). The molecule has 0 aliphatic heterocycles. The third-order valence-corrected chi connectivity index (χ3v) is 3.63. The molecule has 18 heavy (non-hydrogen) atoms. The van der Waals surface area contributed by atoms with Crippen LogP contribution in [0.1, 0.15) is 50.9 Å². The maximum atomic E-state index is 6.10. The molecule has 3 nitrogen and oxygen atoms in total. The summed E-state index contributed by atoms with van der Waals surface area (Å²) < 4.78 is 0. The number of anilines is 1. The fourth-order valence-corrected chi connectivity index (χ4v) is 2.11. The molecule has 1 rings (SSSR count). The maximum absolute atomic E-state index is 6.10. The van der Waals surface area contributed by atoms with Gasteiger partial charge in [-0.15, -0.1) is 0 Å². The summed E-state index contributed by atoms with van der Waals surface area (Å²) in [6.07, 6.45) is 4.98. The monoisotopic (exact) mass is 269 g/mol. The lowest BCUT2D eigenvalue weighted by Crippen LogP contribution is -2.15. The minimum atomic E-state index is 0.475. The Hall–Kier alpha value is -0.830. The predicted molar refractivity (Wildman–Crippen MR) is 78.3 cm³/mol. The van der Waals surface area contributed by atoms with Crippen LogP contribution in [0.2, 0.25) is 5.15 Å². The van der Waals surface area contributed by atoms with E-state index in [9.17, 15) is 0 Å². The fraction of sp³-hybridized carbons (Fsp3) is 0.714. The fourth-order valence-electron chi connectivity index (χ4n) is 1.87. The Morgan fingerprint density at radius 3 is 2.44 bits per heavy atom. The lowest BCUT2D eigenvalue weighted by molar-refractivity contribution is 0.472. The summed E-state index contributed by atoms with van der Waals surface area (Å²) in [5.74, 6) is 1.40. The van der Waals surface area contributed by atoms with Crippen LogP contribution in [0.25, 0.3) is 0 Å². The highest BCUT2D eigenvalue weighted by molar-refractivity contribution is 6.31. The molecule has 1 atom stereocenters. The summed E-state index contributed by atoms with van der Waals surface area (Å²) in [5, 5.41) is 3.81. The number of nitrogens with one attached hydrogen (secondary N) is 1. The van der Waals surface area contributed by atoms with Crippen LogP contribution < -0.4 is 5.32 Å². The van der Waals surface area contributed by atoms with Gasteiger partial charge in [-0.3, -0.25) is 0 Å². The molecule has 0 spiro atoms. The summed E-state index contributed by atoms with van der Waals surface area (Å²) in [5.41, 5.74) is 1.83. The van der Waals surface area contributed by atoms with Gasteiger partial charge in [0.25, 0.3) is 0 Å². The van der Waals surface area contributed by atoms with Gasteiger partial charge in [0.2, 0.25) is 0 Å². The molecule has 0 saturated heterocycles. The Balaban J connectivity index is 2.59. The van der Waals surface area contributed by atoms with Gasteiger partial charge in [-0.1, -0.05) is 44.7 Å². The molecule has 0 bridgehead atoms. The summed E-state index contributed by atoms with van der Waals surface area (Å²) in [6, 6.07) is 0. The van der Waals surface area contributed by atoms with Gasteiger partial charge >= 0.3 is 0 Å². The van der Waals surface area contributed by atoms with E-state index in [4.69, 9.17) is 11.6 Å². The van der Waals surface area contributed by atoms with Crippen LogP contribution in [0.15, 0.2) is 0 Å². The SMILES string of the molecule is CCCCC(CC)CNc1nc(C)c(C)nc1Cl. The summed E-state index contributed by atoms with van der Waals surface area (Å²) >= 11 is 6.10. The average molecular weight is 270 g/mol. The van der Waals surface area contributed by atoms with Gasteiger partial charge in [-0.25, -0.2) is 9.97 Å². The molecule has 1 N–H and O–H groups in total. The van der Waals surface area contributed by atoms with Crippen LogP contribution in [0.4, 0.5) is 5.82 Å². The quantitative estimate of drug-likeness (QED) is 0.798. The molecule has 1 aromatic rings. The highest BCUT2D eigenvalue weighted by Crippen LogP contribution is 2.20. The van der Waals surface area contributed by atoms with Crippen molar-refractivity contribution in [3.05, 3.63) is 16.5 Å². The smallest absolute Gasteiger partial charge is 0.171 e. The molecule has 0 aliphatic carbocycles. The number of hydrogen-bond acceptors (Lipinski definition) is 3. The van der Waals surface area contributed by atoms with E-state index in [1.54, 1.807) is 0 Å². The van der Waals surface area contributed by atoms with Crippen LogP contribution in [-0.4, -0.2) is 16.5 Å². The molecule has 0 saturated carbocycles. The molecule has 1 unspecified atom stereocenters. The van der Waals surface area contributed by atoms with E-state index in [1.165, 1.54) is 25.7 Å². The summed E-state index contributed by atoms with van der Waals surface area (Å²) in [4.78, 5) is 8.73. The highest BCUT2D eigenvalue weighted by Gasteiger charge is 2.10. The molecule has 0 fully saturated rings. The zero-order valence-electron chi connectivity index (χ0n) is 11.9. The largest absolute Gasteiger partial charge is 0.367 e. The van der Waals surface area contributed by atoms with Crippen molar-refractivity contribution in [3.63, 3.8) is 0 Å². The first-order valence-corrected chi connectivity index (χ1v) is 7.20. The van der Waals surface area contributed by atoms with E-state index < -0.39 is 0 Å². The average Bonchev–Trinajstić information content (AvgIpc) is 2.35. The number of aromatic nitrogens is 2. The third kappa shape index (κ3) is 4.45. The van der Waals surface area contributed by atoms with Gasteiger partial charge in [0.1, 0.15) is 0 Å². The molecule has 102 valence electrons. The van der Waals surface area contributed by atoms with Crippen LogP contribution in [0.5, 0.6) is 0 Å². The van der Waals surface area contributed by atoms with E-state index in [0.717, 1.165) is 23.8 Å². The zero-order valence-corrected chi connectivity index (χ0v) is 12.6. The van der Waals surface area contributed by atoms with Crippen molar-refractivity contribution in [3.8, 4) is 0 Å². The Labute approximate surface area is 115 Å². The van der Waals surface area contributed by atoms with Gasteiger partial charge in [0.15, 0.2) is 11.0 Å². The summed E-state index contributed by atoms with van der Waals surface area (Å²) in [6.45, 7) is 9.27. The number of rotatable bonds is 7. The second kappa shape index (κ2) is 7.57. The first kappa shape index (κ1) is 15.2. The normalized spacial score (nSPS) is 12.5. The molecule has 0 radical (unpaired) electrons. The Kier molecular flexibility index (Phi) is 6.41. The van der Waals surface area contributed by atoms with Crippen LogP contribution in [0.3, 0.4) is 0 Å². The van der Waals surface area contributed by atoms with Crippen molar-refractivity contribution >= 4 is 17.4 Å². The number of aryl methyl sites for hydroxylation is 2. The number of unbranched alkanes of at least 4 members (excludes halogenated alkanes) is 1. The van der Waals surface area contributed by atoms with Crippen molar-refractivity contribution in [2.75, 3.05) is 11.9 Å². The van der Waals surface area contributed by atoms with Crippen molar-refractivity contribution in [2.24, 2.45) is 5.92 Å². The Bertz CT molecular complexity index is 380. The molecule has 0 aromatic carbocycles. The second-order valence-electron chi connectivity index (χ2n) is 4.83. The maximum Gasteiger partial charge on any atom is 0.171 e. The first-order valence-electron chi connectivity index (χ1n) is 6.83. The molecule has 1 aromatic heterocycles. The number of hydrogen-bond donors (Lipinski definition) is 1. The summed E-state index contributed by atoms with van der Waals surface area (Å²) in [7, 11) is 0. The Morgan fingerprint density at radius 1 is 1.17 bits per heavy atom.